The predicted octanol–water partition coefficient (Wildman–Crippen LogP) is 3.05. The zero-order chi connectivity index (χ0) is 22.2. The minimum absolute atomic E-state index is 0.0271. The predicted molar refractivity (Wildman–Crippen MR) is 108 cm³/mol. The Labute approximate surface area is 179 Å². The summed E-state index contributed by atoms with van der Waals surface area (Å²) in [6.07, 6.45) is -2.73. The molecule has 13 heteroatoms. The molecule has 3 aromatic rings. The van der Waals surface area contributed by atoms with Gasteiger partial charge in [0.2, 0.25) is 11.0 Å². The maximum atomic E-state index is 13.1. The fraction of sp³-hybridized carbons (Fsp3) is 0.556. The van der Waals surface area contributed by atoms with Gasteiger partial charge in [-0.2, -0.15) is 17.7 Å². The average molecular weight is 454 g/mol. The third-order valence-electron chi connectivity index (χ3n) is 4.97. The summed E-state index contributed by atoms with van der Waals surface area (Å²) in [7, 11) is 0. The van der Waals surface area contributed by atoms with Crippen LogP contribution in [-0.4, -0.2) is 49.0 Å². The van der Waals surface area contributed by atoms with Gasteiger partial charge in [0.1, 0.15) is 10.8 Å². The number of halogens is 3. The van der Waals surface area contributed by atoms with Crippen LogP contribution in [0.1, 0.15) is 37.5 Å². The molecule has 1 aliphatic rings. The summed E-state index contributed by atoms with van der Waals surface area (Å²) >= 11 is 1.38. The minimum Gasteiger partial charge on any atom is -0.355 e. The summed E-state index contributed by atoms with van der Waals surface area (Å²) in [6.45, 7) is 5.17. The topological polar surface area (TPSA) is 101 Å². The summed E-state index contributed by atoms with van der Waals surface area (Å²) in [5, 5.41) is 23.1. The molecule has 1 aliphatic heterocycles. The van der Waals surface area contributed by atoms with Crippen LogP contribution >= 0.6 is 11.3 Å². The average Bonchev–Trinajstić information content (AvgIpc) is 3.33. The number of nitrogens with zero attached hydrogens (tertiary/aromatic N) is 7. The zero-order valence-electron chi connectivity index (χ0n) is 16.9. The van der Waals surface area contributed by atoms with Crippen LogP contribution in [0, 0.1) is 11.8 Å². The Balaban J connectivity index is 1.38. The van der Waals surface area contributed by atoms with Gasteiger partial charge >= 0.3 is 6.18 Å². The van der Waals surface area contributed by atoms with E-state index in [0.29, 0.717) is 47.3 Å². The lowest BCUT2D eigenvalue weighted by molar-refractivity contribution is -0.146. The van der Waals surface area contributed by atoms with Crippen molar-refractivity contribution in [1.29, 1.82) is 0 Å². The molecule has 1 amide bonds. The second-order valence-electron chi connectivity index (χ2n) is 7.83. The molecule has 4 rings (SSSR count). The number of alkyl halides is 3. The van der Waals surface area contributed by atoms with Gasteiger partial charge in [-0.1, -0.05) is 25.2 Å². The lowest BCUT2D eigenvalue weighted by Gasteiger charge is -2.31. The Morgan fingerprint density at radius 2 is 1.94 bits per heavy atom. The van der Waals surface area contributed by atoms with Crippen molar-refractivity contribution in [2.75, 3.05) is 23.3 Å². The summed E-state index contributed by atoms with van der Waals surface area (Å²) in [5.74, 6) is -0.642. The van der Waals surface area contributed by atoms with Crippen LogP contribution in [0.4, 0.5) is 24.1 Å². The van der Waals surface area contributed by atoms with E-state index in [9.17, 15) is 18.0 Å². The van der Waals surface area contributed by atoms with Crippen molar-refractivity contribution >= 4 is 33.8 Å². The van der Waals surface area contributed by atoms with Crippen molar-refractivity contribution in [1.82, 2.24) is 30.0 Å². The number of aromatic nitrogens is 6. The molecule has 0 bridgehead atoms. The molecule has 1 N–H and O–H groups in total. The van der Waals surface area contributed by atoms with Gasteiger partial charge in [-0.3, -0.25) is 4.79 Å². The number of nitrogens with one attached hydrogen (secondary N) is 1. The van der Waals surface area contributed by atoms with Crippen molar-refractivity contribution in [3.8, 4) is 0 Å². The van der Waals surface area contributed by atoms with Crippen molar-refractivity contribution in [3.63, 3.8) is 0 Å². The maximum absolute atomic E-state index is 13.1. The highest BCUT2D eigenvalue weighted by Gasteiger charge is 2.38. The normalized spacial score (nSPS) is 15.7. The maximum Gasteiger partial charge on any atom is 0.453 e. The van der Waals surface area contributed by atoms with E-state index in [1.54, 1.807) is 6.07 Å². The Bertz CT molecular complexity index is 1070. The molecule has 0 atom stereocenters. The molecule has 0 aliphatic carbocycles. The first kappa shape index (κ1) is 21.4. The van der Waals surface area contributed by atoms with Crippen molar-refractivity contribution in [2.45, 2.75) is 39.3 Å². The number of fused-ring (bicyclic) bond motifs is 1. The molecule has 9 nitrogen and oxygen atoms in total. The largest absolute Gasteiger partial charge is 0.453 e. The van der Waals surface area contributed by atoms with E-state index in [4.69, 9.17) is 0 Å². The first-order valence-electron chi connectivity index (χ1n) is 9.88. The molecule has 166 valence electrons. The van der Waals surface area contributed by atoms with Crippen LogP contribution in [0.5, 0.6) is 0 Å². The number of hydrogen-bond donors (Lipinski definition) is 1. The van der Waals surface area contributed by atoms with Crippen LogP contribution in [0.2, 0.25) is 0 Å². The van der Waals surface area contributed by atoms with E-state index in [2.05, 4.69) is 44.7 Å². The van der Waals surface area contributed by atoms with Crippen molar-refractivity contribution in [3.05, 3.63) is 23.0 Å². The highest BCUT2D eigenvalue weighted by molar-refractivity contribution is 7.15. The molecule has 31 heavy (non-hydrogen) atoms. The van der Waals surface area contributed by atoms with Crippen LogP contribution in [-0.2, 0) is 17.4 Å². The summed E-state index contributed by atoms with van der Waals surface area (Å²) in [5.41, 5.74) is 0.0271. The second kappa shape index (κ2) is 8.36. The summed E-state index contributed by atoms with van der Waals surface area (Å²) in [4.78, 5) is 14.4. The van der Waals surface area contributed by atoms with Gasteiger partial charge < -0.3 is 10.2 Å². The SMILES string of the molecule is CC(C)Cc1nnc(NC(=O)C2CCN(c3ccc4nnc(C(F)(F)F)n4n3)CC2)s1. The zero-order valence-corrected chi connectivity index (χ0v) is 17.7. The quantitative estimate of drug-likeness (QED) is 0.632. The molecule has 0 spiro atoms. The van der Waals surface area contributed by atoms with Crippen LogP contribution in [0.3, 0.4) is 0 Å². The Morgan fingerprint density at radius 3 is 2.61 bits per heavy atom. The molecule has 1 fully saturated rings. The van der Waals surface area contributed by atoms with Gasteiger partial charge in [0.05, 0.1) is 0 Å². The number of rotatable bonds is 5. The number of amides is 1. The highest BCUT2D eigenvalue weighted by Crippen LogP contribution is 2.29. The third-order valence-corrected chi connectivity index (χ3v) is 5.83. The standard InChI is InChI=1S/C18H21F3N8OS/c1-10(2)9-14-24-26-17(31-14)22-15(30)11-5-7-28(8-6-11)13-4-3-12-23-25-16(18(19,20)21)29(12)27-13/h3-4,10-11H,5-9H2,1-2H3,(H,22,26,30). The summed E-state index contributed by atoms with van der Waals surface area (Å²) in [6, 6.07) is 3.07. The fourth-order valence-electron chi connectivity index (χ4n) is 3.44. The Morgan fingerprint density at radius 1 is 1.19 bits per heavy atom. The lowest BCUT2D eigenvalue weighted by atomic mass is 9.96. The highest BCUT2D eigenvalue weighted by atomic mass is 32.1. The van der Waals surface area contributed by atoms with Gasteiger partial charge in [0, 0.05) is 25.4 Å². The first-order valence-corrected chi connectivity index (χ1v) is 10.7. The van der Waals surface area contributed by atoms with Gasteiger partial charge in [-0.15, -0.1) is 25.5 Å². The van der Waals surface area contributed by atoms with E-state index in [1.165, 1.54) is 17.4 Å². The smallest absolute Gasteiger partial charge is 0.355 e. The molecular weight excluding hydrogens is 433 g/mol. The van der Waals surface area contributed by atoms with Gasteiger partial charge in [0.25, 0.3) is 5.82 Å². The van der Waals surface area contributed by atoms with Crippen LogP contribution in [0.15, 0.2) is 12.1 Å². The fourth-order valence-corrected chi connectivity index (χ4v) is 4.39. The number of carbonyl (C=O) groups is 1. The molecule has 4 heterocycles. The van der Waals surface area contributed by atoms with Gasteiger partial charge in [-0.05, 0) is 30.9 Å². The lowest BCUT2D eigenvalue weighted by Crippen LogP contribution is -2.38. The van der Waals surface area contributed by atoms with Crippen LogP contribution < -0.4 is 10.2 Å². The van der Waals surface area contributed by atoms with Crippen molar-refractivity contribution < 1.29 is 18.0 Å². The number of anilines is 2. The number of piperidine rings is 1. The molecule has 3 aromatic heterocycles. The van der Waals surface area contributed by atoms with Gasteiger partial charge in [-0.25, -0.2) is 0 Å². The number of carbonyl (C=O) groups excluding carboxylic acids is 1. The molecule has 0 unspecified atom stereocenters. The van der Waals surface area contributed by atoms with E-state index < -0.39 is 12.0 Å². The van der Waals surface area contributed by atoms with E-state index in [0.717, 1.165) is 11.4 Å². The third kappa shape index (κ3) is 4.75. The second-order valence-corrected chi connectivity index (χ2v) is 8.89. The monoisotopic (exact) mass is 454 g/mol. The summed E-state index contributed by atoms with van der Waals surface area (Å²) < 4.78 is 39.9. The molecule has 0 aromatic carbocycles. The van der Waals surface area contributed by atoms with E-state index in [-0.39, 0.29) is 17.5 Å². The molecule has 0 radical (unpaired) electrons. The van der Waals surface area contributed by atoms with Crippen molar-refractivity contribution in [2.24, 2.45) is 11.8 Å². The van der Waals surface area contributed by atoms with Crippen LogP contribution in [0.25, 0.3) is 5.65 Å². The Kier molecular flexibility index (Phi) is 5.77. The number of hydrogen-bond acceptors (Lipinski definition) is 8. The van der Waals surface area contributed by atoms with Gasteiger partial charge in [0.15, 0.2) is 5.65 Å². The van der Waals surface area contributed by atoms with E-state index >= 15 is 0 Å². The van der Waals surface area contributed by atoms with E-state index in [1.807, 2.05) is 4.90 Å². The minimum atomic E-state index is -4.64. The molecular formula is C18H21F3N8OS. The first-order chi connectivity index (χ1) is 14.7. The molecule has 0 saturated carbocycles. The molecule has 1 saturated heterocycles. The Hall–Kier alpha value is -2.83.